The van der Waals surface area contributed by atoms with E-state index in [1.807, 2.05) is 13.8 Å². The zero-order valence-electron chi connectivity index (χ0n) is 13.7. The molecule has 0 saturated heterocycles. The molecule has 0 aromatic carbocycles. The highest BCUT2D eigenvalue weighted by Crippen LogP contribution is 2.22. The van der Waals surface area contributed by atoms with Crippen molar-refractivity contribution in [3.8, 4) is 11.3 Å². The molecule has 0 aliphatic carbocycles. The fraction of sp³-hybridized carbons (Fsp3) is 0.312. The van der Waals surface area contributed by atoms with E-state index in [2.05, 4.69) is 9.71 Å². The quantitative estimate of drug-likeness (QED) is 0.739. The van der Waals surface area contributed by atoms with E-state index in [9.17, 15) is 8.42 Å². The lowest BCUT2D eigenvalue weighted by molar-refractivity contribution is 0.507. The van der Waals surface area contributed by atoms with Gasteiger partial charge in [-0.15, -0.1) is 0 Å². The number of imidazole rings is 1. The molecule has 3 rings (SSSR count). The fourth-order valence-electron chi connectivity index (χ4n) is 2.39. The third kappa shape index (κ3) is 3.29. The third-order valence-corrected chi connectivity index (χ3v) is 4.86. The van der Waals surface area contributed by atoms with Crippen LogP contribution in [0.25, 0.3) is 11.3 Å². The van der Waals surface area contributed by atoms with E-state index < -0.39 is 10.0 Å². The van der Waals surface area contributed by atoms with E-state index in [1.54, 1.807) is 42.3 Å². The standard InChI is InChI=1S/C16H19N3O4S/c1-11(2)16-18-15(9-19(16)3)24(20,21)17-8-13-4-5-14(23-13)12-6-7-22-10-12/h4-7,9-11,17H,8H2,1-3H3. The summed E-state index contributed by atoms with van der Waals surface area (Å²) in [6, 6.07) is 5.27. The number of furan rings is 2. The van der Waals surface area contributed by atoms with Crippen molar-refractivity contribution in [3.05, 3.63) is 48.5 Å². The Labute approximate surface area is 140 Å². The minimum atomic E-state index is -3.70. The molecule has 0 radical (unpaired) electrons. The Bertz CT molecular complexity index is 921. The minimum absolute atomic E-state index is 0.00955. The Balaban J connectivity index is 1.73. The van der Waals surface area contributed by atoms with Gasteiger partial charge in [0, 0.05) is 19.2 Å². The Hall–Kier alpha value is -2.32. The summed E-state index contributed by atoms with van der Waals surface area (Å²) < 4.78 is 39.6. The molecule has 0 saturated carbocycles. The number of aromatic nitrogens is 2. The topological polar surface area (TPSA) is 90.3 Å². The highest BCUT2D eigenvalue weighted by Gasteiger charge is 2.21. The molecule has 0 aliphatic rings. The Morgan fingerprint density at radius 3 is 2.71 bits per heavy atom. The zero-order chi connectivity index (χ0) is 17.3. The number of hydrogen-bond donors (Lipinski definition) is 1. The van der Waals surface area contributed by atoms with Crippen molar-refractivity contribution in [2.45, 2.75) is 31.3 Å². The van der Waals surface area contributed by atoms with Crippen LogP contribution < -0.4 is 4.72 Å². The number of aryl methyl sites for hydroxylation is 1. The number of rotatable bonds is 6. The predicted octanol–water partition coefficient (Wildman–Crippen LogP) is 2.88. The second kappa shape index (κ2) is 6.29. The van der Waals surface area contributed by atoms with Crippen LogP contribution in [0.2, 0.25) is 0 Å². The number of hydrogen-bond acceptors (Lipinski definition) is 5. The summed E-state index contributed by atoms with van der Waals surface area (Å²) in [4.78, 5) is 4.21. The SMILES string of the molecule is CC(C)c1nc(S(=O)(=O)NCc2ccc(-c3ccoc3)o2)cn1C. The van der Waals surface area contributed by atoms with Crippen LogP contribution in [0.15, 0.2) is 50.8 Å². The first kappa shape index (κ1) is 16.5. The summed E-state index contributed by atoms with van der Waals surface area (Å²) >= 11 is 0. The van der Waals surface area contributed by atoms with Crippen LogP contribution >= 0.6 is 0 Å². The van der Waals surface area contributed by atoms with Crippen LogP contribution in [0.4, 0.5) is 0 Å². The van der Waals surface area contributed by atoms with Gasteiger partial charge in [0.2, 0.25) is 0 Å². The maximum absolute atomic E-state index is 12.4. The minimum Gasteiger partial charge on any atom is -0.472 e. The van der Waals surface area contributed by atoms with Gasteiger partial charge in [0.05, 0.1) is 18.4 Å². The van der Waals surface area contributed by atoms with Gasteiger partial charge in [0.1, 0.15) is 23.6 Å². The molecule has 128 valence electrons. The molecule has 0 aliphatic heterocycles. The second-order valence-corrected chi connectivity index (χ2v) is 7.52. The summed E-state index contributed by atoms with van der Waals surface area (Å²) in [6.45, 7) is 3.98. The van der Waals surface area contributed by atoms with Crippen LogP contribution in [-0.4, -0.2) is 18.0 Å². The molecule has 3 heterocycles. The van der Waals surface area contributed by atoms with E-state index in [-0.39, 0.29) is 17.5 Å². The number of nitrogens with one attached hydrogen (secondary N) is 1. The van der Waals surface area contributed by atoms with E-state index in [0.29, 0.717) is 11.5 Å². The molecular formula is C16H19N3O4S. The van der Waals surface area contributed by atoms with Crippen molar-refractivity contribution < 1.29 is 17.3 Å². The molecule has 1 N–H and O–H groups in total. The lowest BCUT2D eigenvalue weighted by Gasteiger charge is -2.03. The molecule has 8 heteroatoms. The monoisotopic (exact) mass is 349 g/mol. The van der Waals surface area contributed by atoms with Gasteiger partial charge in [-0.1, -0.05) is 13.8 Å². The summed E-state index contributed by atoms with van der Waals surface area (Å²) in [7, 11) is -1.92. The summed E-state index contributed by atoms with van der Waals surface area (Å²) in [5.41, 5.74) is 0.801. The van der Waals surface area contributed by atoms with Crippen LogP contribution in [0.3, 0.4) is 0 Å². The zero-order valence-corrected chi connectivity index (χ0v) is 14.5. The van der Waals surface area contributed by atoms with Gasteiger partial charge in [-0.05, 0) is 18.2 Å². The van der Waals surface area contributed by atoms with Crippen molar-refractivity contribution in [2.75, 3.05) is 0 Å². The van der Waals surface area contributed by atoms with Crippen molar-refractivity contribution in [1.82, 2.24) is 14.3 Å². The van der Waals surface area contributed by atoms with Gasteiger partial charge in [-0.25, -0.2) is 18.1 Å². The molecular weight excluding hydrogens is 330 g/mol. The first-order valence-electron chi connectivity index (χ1n) is 7.51. The normalized spacial score (nSPS) is 12.2. The molecule has 0 unspecified atom stereocenters. The molecule has 3 aromatic heterocycles. The van der Waals surface area contributed by atoms with Crippen LogP contribution in [0.1, 0.15) is 31.4 Å². The highest BCUT2D eigenvalue weighted by molar-refractivity contribution is 7.89. The van der Waals surface area contributed by atoms with E-state index in [1.165, 1.54) is 6.20 Å². The molecule has 0 amide bonds. The average molecular weight is 349 g/mol. The average Bonchev–Trinajstić information content (AvgIpc) is 3.25. The first-order valence-corrected chi connectivity index (χ1v) is 8.99. The van der Waals surface area contributed by atoms with Crippen molar-refractivity contribution >= 4 is 10.0 Å². The van der Waals surface area contributed by atoms with Gasteiger partial charge in [-0.2, -0.15) is 0 Å². The van der Waals surface area contributed by atoms with Crippen molar-refractivity contribution in [3.63, 3.8) is 0 Å². The molecule has 24 heavy (non-hydrogen) atoms. The molecule has 7 nitrogen and oxygen atoms in total. The second-order valence-electron chi connectivity index (χ2n) is 5.81. The first-order chi connectivity index (χ1) is 11.4. The van der Waals surface area contributed by atoms with Crippen molar-refractivity contribution in [2.24, 2.45) is 7.05 Å². The summed E-state index contributed by atoms with van der Waals surface area (Å²) in [5, 5.41) is 0.00955. The van der Waals surface area contributed by atoms with Crippen LogP contribution in [0.5, 0.6) is 0 Å². The lowest BCUT2D eigenvalue weighted by atomic mass is 10.2. The number of nitrogens with zero attached hydrogens (tertiary/aromatic N) is 2. The number of sulfonamides is 1. The van der Waals surface area contributed by atoms with Gasteiger partial charge >= 0.3 is 0 Å². The molecule has 0 spiro atoms. The van der Waals surface area contributed by atoms with Gasteiger partial charge in [0.25, 0.3) is 10.0 Å². The lowest BCUT2D eigenvalue weighted by Crippen LogP contribution is -2.23. The fourth-order valence-corrected chi connectivity index (χ4v) is 3.38. The van der Waals surface area contributed by atoms with E-state index in [0.717, 1.165) is 11.4 Å². The van der Waals surface area contributed by atoms with Gasteiger partial charge in [-0.3, -0.25) is 0 Å². The third-order valence-electron chi connectivity index (χ3n) is 3.59. The van der Waals surface area contributed by atoms with E-state index >= 15 is 0 Å². The molecule has 0 atom stereocenters. The van der Waals surface area contributed by atoms with Crippen molar-refractivity contribution in [1.29, 1.82) is 0 Å². The maximum atomic E-state index is 12.4. The Morgan fingerprint density at radius 2 is 2.08 bits per heavy atom. The summed E-state index contributed by atoms with van der Waals surface area (Å²) in [5.74, 6) is 1.99. The summed E-state index contributed by atoms with van der Waals surface area (Å²) in [6.07, 6.45) is 4.62. The van der Waals surface area contributed by atoms with Gasteiger partial charge < -0.3 is 13.4 Å². The molecule has 0 bridgehead atoms. The largest absolute Gasteiger partial charge is 0.472 e. The Morgan fingerprint density at radius 1 is 1.29 bits per heavy atom. The maximum Gasteiger partial charge on any atom is 0.260 e. The molecule has 0 fully saturated rings. The Kier molecular flexibility index (Phi) is 4.33. The van der Waals surface area contributed by atoms with Crippen LogP contribution in [0, 0.1) is 0 Å². The van der Waals surface area contributed by atoms with Gasteiger partial charge in [0.15, 0.2) is 5.03 Å². The smallest absolute Gasteiger partial charge is 0.260 e. The highest BCUT2D eigenvalue weighted by atomic mass is 32.2. The van der Waals surface area contributed by atoms with E-state index in [4.69, 9.17) is 8.83 Å². The van der Waals surface area contributed by atoms with Crippen LogP contribution in [-0.2, 0) is 23.6 Å². The molecule has 3 aromatic rings. The predicted molar refractivity (Wildman–Crippen MR) is 87.7 cm³/mol.